The number of aromatic carboxylic acids is 8. The highest BCUT2D eigenvalue weighted by molar-refractivity contribution is 6.08. The molecule has 0 amide bonds. The van der Waals surface area contributed by atoms with E-state index in [9.17, 15) is 88.8 Å². The first kappa shape index (κ1) is 47.0. The maximum Gasteiger partial charge on any atom is 0.412 e. The number of benzene rings is 4. The Labute approximate surface area is 342 Å². The standard InChI is InChI=1S/C38H20F6O19/c39-37(40,41)35(13-1-5-17(25(45)46)21(9-13)29(53)54,14-2-6-18(26(47)48)22(10-14)30(55)56)33(61)63-34(62)36(38(42,43)44,15-3-7-19(27(49)50)23(11-15)31(57)58)16-4-8-20(28(51)52)24(12-16)32(59)60/h1-12H,(H,45,46)(H,47,48)(H,49,50)(H,51,52)(H,53,54)(H,55,56)(H,57,58)(H,59,60). The lowest BCUT2D eigenvalue weighted by molar-refractivity contribution is -0.213. The lowest BCUT2D eigenvalue weighted by Crippen LogP contribution is -2.56. The zero-order chi connectivity index (χ0) is 47.9. The van der Waals surface area contributed by atoms with E-state index in [-0.39, 0.29) is 72.8 Å². The van der Waals surface area contributed by atoms with E-state index >= 15 is 26.3 Å². The highest BCUT2D eigenvalue weighted by atomic mass is 19.4. The predicted molar refractivity (Wildman–Crippen MR) is 186 cm³/mol. The number of esters is 2. The van der Waals surface area contributed by atoms with Crippen molar-refractivity contribution < 1.29 is 120 Å². The van der Waals surface area contributed by atoms with Crippen molar-refractivity contribution in [3.63, 3.8) is 0 Å². The van der Waals surface area contributed by atoms with Crippen LogP contribution in [0.5, 0.6) is 0 Å². The molecule has 4 aromatic rings. The Hall–Kier alpha value is -8.64. The quantitative estimate of drug-likeness (QED) is 0.0481. The summed E-state index contributed by atoms with van der Waals surface area (Å²) >= 11 is 0. The first-order valence-electron chi connectivity index (χ1n) is 16.3. The third-order valence-corrected chi connectivity index (χ3v) is 9.30. The van der Waals surface area contributed by atoms with Gasteiger partial charge in [0.05, 0.1) is 44.5 Å². The summed E-state index contributed by atoms with van der Waals surface area (Å²) in [6, 6.07) is 0.00640. The molecule has 8 N–H and O–H groups in total. The normalized spacial score (nSPS) is 11.8. The van der Waals surface area contributed by atoms with Gasteiger partial charge in [0.15, 0.2) is 0 Å². The van der Waals surface area contributed by atoms with E-state index < -0.39 is 150 Å². The highest BCUT2D eigenvalue weighted by Crippen LogP contribution is 2.52. The van der Waals surface area contributed by atoms with Crippen LogP contribution in [-0.4, -0.2) is 113 Å². The summed E-state index contributed by atoms with van der Waals surface area (Å²) in [5.74, 6) is -24.3. The molecule has 0 fully saturated rings. The summed E-state index contributed by atoms with van der Waals surface area (Å²) in [5, 5.41) is 76.8. The van der Waals surface area contributed by atoms with Crippen LogP contribution in [0.1, 0.15) is 105 Å². The molecule has 0 aromatic heterocycles. The minimum atomic E-state index is -6.48. The molecule has 63 heavy (non-hydrogen) atoms. The molecule has 0 saturated heterocycles. The van der Waals surface area contributed by atoms with Gasteiger partial charge in [-0.05, 0) is 70.8 Å². The number of carboxylic acids is 8. The summed E-state index contributed by atoms with van der Waals surface area (Å²) in [6.45, 7) is 0. The topological polar surface area (TPSA) is 342 Å². The Balaban J connectivity index is 2.27. The molecule has 328 valence electrons. The molecule has 25 heteroatoms. The van der Waals surface area contributed by atoms with Crippen LogP contribution in [0.15, 0.2) is 72.8 Å². The van der Waals surface area contributed by atoms with Gasteiger partial charge in [-0.15, -0.1) is 0 Å². The number of carbonyl (C=O) groups is 10. The molecule has 0 bridgehead atoms. The van der Waals surface area contributed by atoms with E-state index in [1.54, 1.807) is 0 Å². The van der Waals surface area contributed by atoms with Crippen molar-refractivity contribution in [2.24, 2.45) is 0 Å². The van der Waals surface area contributed by atoms with E-state index in [0.717, 1.165) is 0 Å². The average Bonchev–Trinajstić information content (AvgIpc) is 3.16. The van der Waals surface area contributed by atoms with Crippen molar-refractivity contribution in [1.29, 1.82) is 0 Å². The van der Waals surface area contributed by atoms with Gasteiger partial charge in [0.25, 0.3) is 0 Å². The maximum absolute atomic E-state index is 15.9. The SMILES string of the molecule is O=C(O)c1ccc(C(C(=O)OC(=O)C(c2ccc(C(=O)O)c(C(=O)O)c2)(c2ccc(C(=O)O)c(C(=O)O)c2)C(F)(F)F)(c2ccc(C(=O)O)c(C(=O)O)c2)C(F)(F)F)cc1C(=O)O. The van der Waals surface area contributed by atoms with Crippen molar-refractivity contribution in [2.45, 2.75) is 23.2 Å². The molecule has 0 aliphatic carbocycles. The summed E-state index contributed by atoms with van der Waals surface area (Å²) < 4.78 is 100.0. The lowest BCUT2D eigenvalue weighted by atomic mass is 9.71. The van der Waals surface area contributed by atoms with Gasteiger partial charge in [0.2, 0.25) is 10.8 Å². The molecule has 19 nitrogen and oxygen atoms in total. The fourth-order valence-corrected chi connectivity index (χ4v) is 6.49. The predicted octanol–water partition coefficient (Wildman–Crippen LogP) is 4.74. The second-order valence-electron chi connectivity index (χ2n) is 12.7. The van der Waals surface area contributed by atoms with Gasteiger partial charge in [0.1, 0.15) is 0 Å². The van der Waals surface area contributed by atoms with Gasteiger partial charge in [-0.1, -0.05) is 24.3 Å². The Kier molecular flexibility index (Phi) is 12.3. The van der Waals surface area contributed by atoms with Gasteiger partial charge >= 0.3 is 72.0 Å². The molecule has 0 radical (unpaired) electrons. The molecule has 0 aliphatic rings. The van der Waals surface area contributed by atoms with Crippen LogP contribution in [0.25, 0.3) is 0 Å². The zero-order valence-corrected chi connectivity index (χ0v) is 30.3. The Morgan fingerprint density at radius 2 is 0.492 bits per heavy atom. The first-order chi connectivity index (χ1) is 29.0. The molecule has 4 rings (SSSR count). The van der Waals surface area contributed by atoms with Gasteiger partial charge in [-0.2, -0.15) is 26.3 Å². The number of alkyl halides is 6. The van der Waals surface area contributed by atoms with Crippen LogP contribution in [0.4, 0.5) is 26.3 Å². The van der Waals surface area contributed by atoms with Crippen LogP contribution >= 0.6 is 0 Å². The Bertz CT molecular complexity index is 2380. The van der Waals surface area contributed by atoms with Crippen molar-refractivity contribution in [1.82, 2.24) is 0 Å². The molecule has 0 heterocycles. The van der Waals surface area contributed by atoms with Gasteiger partial charge < -0.3 is 45.6 Å². The fourth-order valence-electron chi connectivity index (χ4n) is 6.49. The van der Waals surface area contributed by atoms with Gasteiger partial charge in [-0.25, -0.2) is 47.9 Å². The maximum atomic E-state index is 15.9. The van der Waals surface area contributed by atoms with Crippen molar-refractivity contribution >= 4 is 59.7 Å². The summed E-state index contributed by atoms with van der Waals surface area (Å²) in [5.41, 5.74) is -28.7. The number of ether oxygens (including phenoxy) is 1. The largest absolute Gasteiger partial charge is 0.478 e. The van der Waals surface area contributed by atoms with E-state index in [4.69, 9.17) is 0 Å². The minimum absolute atomic E-state index is 0.0468. The minimum Gasteiger partial charge on any atom is -0.478 e. The van der Waals surface area contributed by atoms with Crippen LogP contribution in [-0.2, 0) is 25.2 Å². The molecule has 0 atom stereocenters. The number of carbonyl (C=O) groups excluding carboxylic acids is 2. The molecular formula is C38H20F6O19. The van der Waals surface area contributed by atoms with Gasteiger partial charge in [0, 0.05) is 0 Å². The third kappa shape index (κ3) is 7.91. The second-order valence-corrected chi connectivity index (χ2v) is 12.7. The van der Waals surface area contributed by atoms with Crippen LogP contribution in [0, 0.1) is 0 Å². The lowest BCUT2D eigenvalue weighted by Gasteiger charge is -2.38. The van der Waals surface area contributed by atoms with Crippen molar-refractivity contribution in [3.05, 3.63) is 140 Å². The number of rotatable bonds is 14. The zero-order valence-electron chi connectivity index (χ0n) is 30.3. The number of halogens is 6. The second kappa shape index (κ2) is 16.4. The summed E-state index contributed by atoms with van der Waals surface area (Å²) in [7, 11) is 0. The smallest absolute Gasteiger partial charge is 0.412 e. The third-order valence-electron chi connectivity index (χ3n) is 9.30. The van der Waals surface area contributed by atoms with E-state index in [0.29, 0.717) is 0 Å². The highest BCUT2D eigenvalue weighted by Gasteiger charge is 2.69. The number of hydrogen-bond donors (Lipinski definition) is 8. The van der Waals surface area contributed by atoms with Gasteiger partial charge in [-0.3, -0.25) is 0 Å². The molecule has 4 aromatic carbocycles. The van der Waals surface area contributed by atoms with E-state index in [1.165, 1.54) is 0 Å². The van der Waals surface area contributed by atoms with E-state index in [2.05, 4.69) is 4.74 Å². The van der Waals surface area contributed by atoms with Crippen molar-refractivity contribution in [2.75, 3.05) is 0 Å². The number of hydrogen-bond acceptors (Lipinski definition) is 11. The number of carboxylic acid groups (broad SMARTS) is 8. The molecule has 0 unspecified atom stereocenters. The molecular weight excluding hydrogens is 874 g/mol. The first-order valence-corrected chi connectivity index (χ1v) is 16.3. The molecule has 0 spiro atoms. The van der Waals surface area contributed by atoms with Crippen LogP contribution in [0.3, 0.4) is 0 Å². The molecule has 0 saturated carbocycles. The van der Waals surface area contributed by atoms with Crippen LogP contribution in [0.2, 0.25) is 0 Å². The monoisotopic (exact) mass is 894 g/mol. The Morgan fingerprint density at radius 3 is 0.635 bits per heavy atom. The van der Waals surface area contributed by atoms with E-state index in [1.807, 2.05) is 0 Å². The summed E-state index contributed by atoms with van der Waals surface area (Å²) in [4.78, 5) is 124. The van der Waals surface area contributed by atoms with Crippen molar-refractivity contribution in [3.8, 4) is 0 Å². The van der Waals surface area contributed by atoms with Crippen LogP contribution < -0.4 is 0 Å². The molecule has 0 aliphatic heterocycles. The summed E-state index contributed by atoms with van der Waals surface area (Å²) in [6.07, 6.45) is -13.0. The Morgan fingerprint density at radius 1 is 0.317 bits per heavy atom. The fraction of sp³-hybridized carbons (Fsp3) is 0.105. The average molecular weight is 895 g/mol.